The molecule has 1 aliphatic heterocycles. The first-order chi connectivity index (χ1) is 14.3. The Morgan fingerprint density at radius 1 is 1.03 bits per heavy atom. The zero-order valence-corrected chi connectivity index (χ0v) is 16.2. The van der Waals surface area contributed by atoms with Gasteiger partial charge in [-0.1, -0.05) is 54.6 Å². The summed E-state index contributed by atoms with van der Waals surface area (Å²) in [6, 6.07) is 13.8. The Kier molecular flexibility index (Phi) is 6.41. The fraction of sp³-hybridized carbons (Fsp3) is 0.0952. The number of carbonyl (C=O) groups is 3. The van der Waals surface area contributed by atoms with E-state index < -0.39 is 41.0 Å². The fourth-order valence-corrected chi connectivity index (χ4v) is 3.42. The molecule has 0 aromatic heterocycles. The lowest BCUT2D eigenvalue weighted by Gasteiger charge is -2.15. The molecule has 5 nitrogen and oxygen atoms in total. The van der Waals surface area contributed by atoms with Gasteiger partial charge in [-0.15, -0.1) is 0 Å². The average Bonchev–Trinajstić information content (AvgIpc) is 2.96. The smallest absolute Gasteiger partial charge is 0.324 e. The highest BCUT2D eigenvalue weighted by Crippen LogP contribution is 2.35. The molecule has 0 unspecified atom stereocenters. The first-order valence-electron chi connectivity index (χ1n) is 8.69. The third kappa shape index (κ3) is 5.18. The monoisotopic (exact) mass is 432 g/mol. The average molecular weight is 432 g/mol. The van der Waals surface area contributed by atoms with Gasteiger partial charge in [0.25, 0.3) is 11.1 Å². The van der Waals surface area contributed by atoms with Crippen molar-refractivity contribution in [1.82, 2.24) is 4.90 Å². The number of nitrogens with one attached hydrogen (secondary N) is 1. The zero-order chi connectivity index (χ0) is 21.7. The van der Waals surface area contributed by atoms with E-state index >= 15 is 0 Å². The molecule has 0 atom stereocenters. The van der Waals surface area contributed by atoms with Crippen LogP contribution in [0.1, 0.15) is 11.1 Å². The van der Waals surface area contributed by atoms with Crippen molar-refractivity contribution in [3.63, 3.8) is 0 Å². The largest absolute Gasteiger partial charge is 0.418 e. The minimum absolute atomic E-state index is 0.121. The molecule has 2 aromatic carbocycles. The summed E-state index contributed by atoms with van der Waals surface area (Å²) in [5, 5.41) is 1.45. The third-order valence-electron chi connectivity index (χ3n) is 4.02. The van der Waals surface area contributed by atoms with E-state index in [1.807, 2.05) is 30.3 Å². The Bertz CT molecular complexity index is 1030. The van der Waals surface area contributed by atoms with Gasteiger partial charge in [-0.2, -0.15) is 13.2 Å². The summed E-state index contributed by atoms with van der Waals surface area (Å²) < 4.78 is 39.1. The molecule has 2 aromatic rings. The van der Waals surface area contributed by atoms with E-state index in [0.717, 1.165) is 17.7 Å². The van der Waals surface area contributed by atoms with E-state index in [9.17, 15) is 27.6 Å². The van der Waals surface area contributed by atoms with Crippen molar-refractivity contribution in [2.24, 2.45) is 0 Å². The van der Waals surface area contributed by atoms with E-state index in [-0.39, 0.29) is 4.91 Å². The number of para-hydroxylation sites is 1. The number of rotatable bonds is 5. The topological polar surface area (TPSA) is 66.5 Å². The lowest BCUT2D eigenvalue weighted by atomic mass is 10.1. The number of benzene rings is 2. The van der Waals surface area contributed by atoms with Gasteiger partial charge < -0.3 is 5.32 Å². The molecule has 0 aliphatic carbocycles. The van der Waals surface area contributed by atoms with Gasteiger partial charge in [0.2, 0.25) is 5.91 Å². The van der Waals surface area contributed by atoms with Crippen molar-refractivity contribution in [3.8, 4) is 0 Å². The molecule has 1 N–H and O–H groups in total. The summed E-state index contributed by atoms with van der Waals surface area (Å²) in [6.07, 6.45) is 0.148. The van der Waals surface area contributed by atoms with Gasteiger partial charge in [0.1, 0.15) is 6.54 Å². The van der Waals surface area contributed by atoms with E-state index in [4.69, 9.17) is 0 Å². The van der Waals surface area contributed by atoms with Crippen LogP contribution in [0.4, 0.5) is 23.7 Å². The number of hydrogen-bond donors (Lipinski definition) is 1. The van der Waals surface area contributed by atoms with Crippen LogP contribution >= 0.6 is 11.8 Å². The number of nitrogens with zero attached hydrogens (tertiary/aromatic N) is 1. The second-order valence-corrected chi connectivity index (χ2v) is 7.14. The first kappa shape index (κ1) is 21.4. The second kappa shape index (κ2) is 9.00. The van der Waals surface area contributed by atoms with Crippen LogP contribution < -0.4 is 5.32 Å². The first-order valence-corrected chi connectivity index (χ1v) is 9.50. The maximum atomic E-state index is 13.0. The number of alkyl halides is 3. The van der Waals surface area contributed by atoms with Crippen molar-refractivity contribution in [3.05, 3.63) is 82.8 Å². The number of carbonyl (C=O) groups excluding carboxylic acids is 3. The highest BCUT2D eigenvalue weighted by atomic mass is 32.2. The fourth-order valence-electron chi connectivity index (χ4n) is 2.63. The molecule has 3 rings (SSSR count). The summed E-state index contributed by atoms with van der Waals surface area (Å²) in [5.74, 6) is -1.59. The lowest BCUT2D eigenvalue weighted by Crippen LogP contribution is -2.36. The maximum absolute atomic E-state index is 13.0. The maximum Gasteiger partial charge on any atom is 0.418 e. The van der Waals surface area contributed by atoms with Crippen LogP contribution in [0.25, 0.3) is 6.08 Å². The molecule has 0 bridgehead atoms. The molecular formula is C21H15F3N2O3S. The number of hydrogen-bond acceptors (Lipinski definition) is 4. The van der Waals surface area contributed by atoms with Crippen molar-refractivity contribution in [2.75, 3.05) is 11.9 Å². The Balaban J connectivity index is 1.67. The zero-order valence-electron chi connectivity index (χ0n) is 15.3. The molecule has 3 amide bonds. The van der Waals surface area contributed by atoms with Crippen LogP contribution in [0.15, 0.2) is 71.7 Å². The molecule has 0 saturated carbocycles. The quantitative estimate of drug-likeness (QED) is 0.680. The van der Waals surface area contributed by atoms with Crippen molar-refractivity contribution >= 4 is 40.6 Å². The highest BCUT2D eigenvalue weighted by molar-refractivity contribution is 8.18. The summed E-state index contributed by atoms with van der Waals surface area (Å²) in [4.78, 5) is 37.5. The number of allylic oxidation sites excluding steroid dienone is 2. The van der Waals surface area contributed by atoms with Gasteiger partial charge in [0.15, 0.2) is 0 Å². The van der Waals surface area contributed by atoms with Gasteiger partial charge in [0.05, 0.1) is 16.2 Å². The minimum atomic E-state index is -4.65. The molecule has 9 heteroatoms. The second-order valence-electron chi connectivity index (χ2n) is 6.15. The van der Waals surface area contributed by atoms with Crippen LogP contribution in [0.2, 0.25) is 0 Å². The number of halogens is 3. The van der Waals surface area contributed by atoms with Crippen LogP contribution in [0.3, 0.4) is 0 Å². The SMILES string of the molecule is O=C(CN1C(=O)S/C(=C\C=C\c2ccccc2)C1=O)Nc1ccccc1C(F)(F)F. The van der Waals surface area contributed by atoms with Crippen LogP contribution in [-0.2, 0) is 15.8 Å². The third-order valence-corrected chi connectivity index (χ3v) is 4.94. The Morgan fingerprint density at radius 2 is 1.70 bits per heavy atom. The highest BCUT2D eigenvalue weighted by Gasteiger charge is 2.37. The molecule has 30 heavy (non-hydrogen) atoms. The molecule has 1 aliphatic rings. The Hall–Kier alpha value is -3.33. The predicted molar refractivity (Wildman–Crippen MR) is 108 cm³/mol. The number of amides is 3. The molecular weight excluding hydrogens is 417 g/mol. The van der Waals surface area contributed by atoms with Crippen LogP contribution in [-0.4, -0.2) is 28.5 Å². The van der Waals surface area contributed by atoms with E-state index in [1.165, 1.54) is 18.2 Å². The molecule has 1 fully saturated rings. The number of imide groups is 1. The lowest BCUT2D eigenvalue weighted by molar-refractivity contribution is -0.137. The van der Waals surface area contributed by atoms with E-state index in [2.05, 4.69) is 5.32 Å². The van der Waals surface area contributed by atoms with Crippen molar-refractivity contribution < 1.29 is 27.6 Å². The number of anilines is 1. The van der Waals surface area contributed by atoms with Gasteiger partial charge in [-0.3, -0.25) is 19.3 Å². The van der Waals surface area contributed by atoms with Gasteiger partial charge in [-0.05, 0) is 35.5 Å². The summed E-state index contributed by atoms with van der Waals surface area (Å²) in [7, 11) is 0. The normalized spacial score (nSPS) is 16.0. The van der Waals surface area contributed by atoms with Gasteiger partial charge >= 0.3 is 6.18 Å². The van der Waals surface area contributed by atoms with Crippen molar-refractivity contribution in [1.29, 1.82) is 0 Å². The molecule has 1 heterocycles. The summed E-state index contributed by atoms with van der Waals surface area (Å²) in [6.45, 7) is -0.684. The summed E-state index contributed by atoms with van der Waals surface area (Å²) >= 11 is 0.660. The van der Waals surface area contributed by atoms with Crippen LogP contribution in [0, 0.1) is 0 Å². The number of thioether (sulfide) groups is 1. The molecule has 154 valence electrons. The van der Waals surface area contributed by atoms with Crippen LogP contribution in [0.5, 0.6) is 0 Å². The summed E-state index contributed by atoms with van der Waals surface area (Å²) in [5.41, 5.74) is -0.558. The van der Waals surface area contributed by atoms with Crippen molar-refractivity contribution in [2.45, 2.75) is 6.18 Å². The standard InChI is InChI=1S/C21H15F3N2O3S/c22-21(23,24)15-10-4-5-11-16(15)25-18(27)13-26-19(28)17(30-20(26)29)12-6-9-14-7-2-1-3-8-14/h1-12H,13H2,(H,25,27)/b9-6+,17-12-. The predicted octanol–water partition coefficient (Wildman–Crippen LogP) is 4.94. The molecule has 1 saturated heterocycles. The molecule has 0 radical (unpaired) electrons. The Morgan fingerprint density at radius 3 is 2.40 bits per heavy atom. The van der Waals surface area contributed by atoms with Gasteiger partial charge in [-0.25, -0.2) is 0 Å². The minimum Gasteiger partial charge on any atom is -0.324 e. The van der Waals surface area contributed by atoms with E-state index in [0.29, 0.717) is 16.7 Å². The molecule has 0 spiro atoms. The van der Waals surface area contributed by atoms with Gasteiger partial charge in [0, 0.05) is 0 Å². The Labute approximate surface area is 174 Å². The van der Waals surface area contributed by atoms with E-state index in [1.54, 1.807) is 12.2 Å².